The molecule has 0 fully saturated rings. The minimum Gasteiger partial charge on any atom is -0.384 e. The number of nitrogens with two attached hydrogens (primary N) is 1. The summed E-state index contributed by atoms with van der Waals surface area (Å²) in [5.41, 5.74) is 4.84. The van der Waals surface area contributed by atoms with Gasteiger partial charge in [-0.3, -0.25) is 4.79 Å². The van der Waals surface area contributed by atoms with Crippen LogP contribution in [-0.4, -0.2) is 43.2 Å². The molecule has 0 aliphatic rings. The molecule has 0 spiro atoms. The van der Waals surface area contributed by atoms with Crippen molar-refractivity contribution in [1.82, 2.24) is 5.32 Å². The molecule has 3 N–H and O–H groups in total. The largest absolute Gasteiger partial charge is 0.384 e. The van der Waals surface area contributed by atoms with Crippen LogP contribution in [0.4, 0.5) is 0 Å². The number of nitrogens with one attached hydrogen (secondary N) is 1. The Morgan fingerprint density at radius 2 is 2.19 bits per heavy atom. The van der Waals surface area contributed by atoms with Gasteiger partial charge in [-0.25, -0.2) is 0 Å². The second kappa shape index (κ2) is 8.84. The number of rotatable bonds is 10. The van der Waals surface area contributed by atoms with Crippen LogP contribution in [-0.2, 0) is 9.53 Å². The lowest BCUT2D eigenvalue weighted by molar-refractivity contribution is -0.123. The fourth-order valence-corrected chi connectivity index (χ4v) is 2.26. The standard InChI is InChI=1S/C11H24N2O2S/c1-4-6-13-11(2,10(12)14)5-8-16-9-7-15-3/h13H,4-9H2,1-3H3,(H2,12,14). The van der Waals surface area contributed by atoms with E-state index in [-0.39, 0.29) is 5.91 Å². The lowest BCUT2D eigenvalue weighted by Gasteiger charge is -2.27. The molecule has 5 heteroatoms. The van der Waals surface area contributed by atoms with Gasteiger partial charge in [-0.15, -0.1) is 0 Å². The molecule has 96 valence electrons. The van der Waals surface area contributed by atoms with E-state index in [0.717, 1.165) is 37.5 Å². The van der Waals surface area contributed by atoms with Gasteiger partial charge in [0.25, 0.3) is 0 Å². The summed E-state index contributed by atoms with van der Waals surface area (Å²) in [6.07, 6.45) is 1.76. The first-order valence-electron chi connectivity index (χ1n) is 5.68. The summed E-state index contributed by atoms with van der Waals surface area (Å²) in [4.78, 5) is 11.4. The molecule has 0 saturated heterocycles. The molecule has 0 aliphatic carbocycles. The van der Waals surface area contributed by atoms with Gasteiger partial charge in [0.2, 0.25) is 5.91 Å². The molecule has 1 unspecified atom stereocenters. The van der Waals surface area contributed by atoms with Gasteiger partial charge in [-0.05, 0) is 32.1 Å². The summed E-state index contributed by atoms with van der Waals surface area (Å²) in [6, 6.07) is 0. The smallest absolute Gasteiger partial charge is 0.237 e. The Morgan fingerprint density at radius 3 is 2.69 bits per heavy atom. The Hall–Kier alpha value is -0.260. The third-order valence-corrected chi connectivity index (χ3v) is 3.44. The maximum Gasteiger partial charge on any atom is 0.237 e. The summed E-state index contributed by atoms with van der Waals surface area (Å²) in [6.45, 7) is 5.52. The molecule has 4 nitrogen and oxygen atoms in total. The summed E-state index contributed by atoms with van der Waals surface area (Å²) < 4.78 is 4.96. The monoisotopic (exact) mass is 248 g/mol. The van der Waals surface area contributed by atoms with Crippen LogP contribution in [0.25, 0.3) is 0 Å². The first kappa shape index (κ1) is 15.7. The molecule has 1 atom stereocenters. The van der Waals surface area contributed by atoms with Crippen molar-refractivity contribution in [1.29, 1.82) is 0 Å². The number of methoxy groups -OCH3 is 1. The molecule has 0 aromatic rings. The minimum absolute atomic E-state index is 0.270. The molecule has 0 saturated carbocycles. The van der Waals surface area contributed by atoms with Crippen LogP contribution in [0.1, 0.15) is 26.7 Å². The first-order chi connectivity index (χ1) is 7.56. The van der Waals surface area contributed by atoms with Crippen molar-refractivity contribution in [3.63, 3.8) is 0 Å². The summed E-state index contributed by atoms with van der Waals surface area (Å²) in [5.74, 6) is 1.60. The van der Waals surface area contributed by atoms with Crippen molar-refractivity contribution < 1.29 is 9.53 Å². The van der Waals surface area contributed by atoms with Crippen LogP contribution in [0.3, 0.4) is 0 Å². The maximum atomic E-state index is 11.4. The third-order valence-electron chi connectivity index (χ3n) is 2.49. The average Bonchev–Trinajstić information content (AvgIpc) is 2.26. The number of ether oxygens (including phenoxy) is 1. The number of hydrogen-bond donors (Lipinski definition) is 2. The zero-order valence-corrected chi connectivity index (χ0v) is 11.4. The molecule has 0 aliphatic heterocycles. The molecule has 16 heavy (non-hydrogen) atoms. The zero-order chi connectivity index (χ0) is 12.4. The van der Waals surface area contributed by atoms with Crippen molar-refractivity contribution in [3.05, 3.63) is 0 Å². The highest BCUT2D eigenvalue weighted by Crippen LogP contribution is 2.14. The van der Waals surface area contributed by atoms with Crippen LogP contribution in [0.15, 0.2) is 0 Å². The predicted octanol–water partition coefficient (Wildman–Crippen LogP) is 1.000. The van der Waals surface area contributed by atoms with Crippen LogP contribution in [0, 0.1) is 0 Å². The van der Waals surface area contributed by atoms with E-state index >= 15 is 0 Å². The zero-order valence-electron chi connectivity index (χ0n) is 10.5. The van der Waals surface area contributed by atoms with Crippen LogP contribution in [0.5, 0.6) is 0 Å². The third kappa shape index (κ3) is 6.35. The quantitative estimate of drug-likeness (QED) is 0.566. The Morgan fingerprint density at radius 1 is 1.50 bits per heavy atom. The molecule has 0 aromatic carbocycles. The van der Waals surface area contributed by atoms with Crippen molar-refractivity contribution in [3.8, 4) is 0 Å². The van der Waals surface area contributed by atoms with Crippen LogP contribution >= 0.6 is 11.8 Å². The Kier molecular flexibility index (Phi) is 8.70. The van der Waals surface area contributed by atoms with E-state index in [0.29, 0.717) is 0 Å². The molecule has 0 rings (SSSR count). The lowest BCUT2D eigenvalue weighted by atomic mass is 9.98. The topological polar surface area (TPSA) is 64.3 Å². The SMILES string of the molecule is CCCNC(C)(CCSCCOC)C(N)=O. The number of primary amides is 1. The number of hydrogen-bond acceptors (Lipinski definition) is 4. The summed E-state index contributed by atoms with van der Waals surface area (Å²) in [7, 11) is 1.69. The molecule has 0 bridgehead atoms. The first-order valence-corrected chi connectivity index (χ1v) is 6.84. The second-order valence-corrected chi connectivity index (χ2v) is 5.20. The average molecular weight is 248 g/mol. The number of carbonyl (C=O) groups is 1. The summed E-state index contributed by atoms with van der Waals surface area (Å²) in [5, 5.41) is 3.22. The highest BCUT2D eigenvalue weighted by atomic mass is 32.2. The van der Waals surface area contributed by atoms with Crippen molar-refractivity contribution >= 4 is 17.7 Å². The van der Waals surface area contributed by atoms with Gasteiger partial charge in [0.1, 0.15) is 0 Å². The van der Waals surface area contributed by atoms with Crippen molar-refractivity contribution in [2.45, 2.75) is 32.2 Å². The van der Waals surface area contributed by atoms with E-state index in [2.05, 4.69) is 12.2 Å². The van der Waals surface area contributed by atoms with Gasteiger partial charge < -0.3 is 15.8 Å². The molecule has 0 radical (unpaired) electrons. The maximum absolute atomic E-state index is 11.4. The fraction of sp³-hybridized carbons (Fsp3) is 0.909. The Bertz CT molecular complexity index is 202. The van der Waals surface area contributed by atoms with Crippen molar-refractivity contribution in [2.24, 2.45) is 5.73 Å². The number of carbonyl (C=O) groups excluding carboxylic acids is 1. The van der Waals surface area contributed by atoms with E-state index in [1.165, 1.54) is 0 Å². The van der Waals surface area contributed by atoms with Gasteiger partial charge in [0, 0.05) is 12.9 Å². The van der Waals surface area contributed by atoms with Crippen LogP contribution in [0.2, 0.25) is 0 Å². The highest BCUT2D eigenvalue weighted by molar-refractivity contribution is 7.99. The molecule has 0 heterocycles. The van der Waals surface area contributed by atoms with E-state index in [1.54, 1.807) is 18.9 Å². The van der Waals surface area contributed by atoms with E-state index in [4.69, 9.17) is 10.5 Å². The van der Waals surface area contributed by atoms with Gasteiger partial charge in [-0.2, -0.15) is 11.8 Å². The number of thioether (sulfide) groups is 1. The van der Waals surface area contributed by atoms with Crippen molar-refractivity contribution in [2.75, 3.05) is 31.8 Å². The van der Waals surface area contributed by atoms with E-state index in [9.17, 15) is 4.79 Å². The van der Waals surface area contributed by atoms with Gasteiger partial charge in [0.15, 0.2) is 0 Å². The van der Waals surface area contributed by atoms with Gasteiger partial charge in [-0.1, -0.05) is 6.92 Å². The Labute approximate surface area is 103 Å². The van der Waals surface area contributed by atoms with Gasteiger partial charge >= 0.3 is 0 Å². The van der Waals surface area contributed by atoms with Gasteiger partial charge in [0.05, 0.1) is 12.1 Å². The molecular formula is C11H24N2O2S. The van der Waals surface area contributed by atoms with E-state index < -0.39 is 5.54 Å². The Balaban J connectivity index is 3.88. The normalized spacial score (nSPS) is 14.7. The second-order valence-electron chi connectivity index (χ2n) is 3.98. The predicted molar refractivity (Wildman–Crippen MR) is 69.7 cm³/mol. The van der Waals surface area contributed by atoms with E-state index in [1.807, 2.05) is 6.92 Å². The molecular weight excluding hydrogens is 224 g/mol. The lowest BCUT2D eigenvalue weighted by Crippen LogP contribution is -2.53. The molecule has 0 aromatic heterocycles. The van der Waals surface area contributed by atoms with Crippen LogP contribution < -0.4 is 11.1 Å². The summed E-state index contributed by atoms with van der Waals surface area (Å²) >= 11 is 1.78. The number of amides is 1. The molecule has 1 amide bonds. The fourth-order valence-electron chi connectivity index (χ4n) is 1.22. The highest BCUT2D eigenvalue weighted by Gasteiger charge is 2.29. The minimum atomic E-state index is -0.573.